The van der Waals surface area contributed by atoms with Crippen LogP contribution in [0, 0.1) is 5.82 Å². The molecule has 0 aliphatic heterocycles. The van der Waals surface area contributed by atoms with E-state index in [0.29, 0.717) is 18.9 Å². The third-order valence-electron chi connectivity index (χ3n) is 4.36. The Kier molecular flexibility index (Phi) is 4.21. The van der Waals surface area contributed by atoms with Crippen molar-refractivity contribution in [3.05, 3.63) is 65.0 Å². The third kappa shape index (κ3) is 3.26. The van der Waals surface area contributed by atoms with Crippen molar-refractivity contribution in [1.82, 2.24) is 0 Å². The van der Waals surface area contributed by atoms with Crippen LogP contribution in [0.1, 0.15) is 34.3 Å². The Bertz CT molecular complexity index is 888. The molecular formula is C18H13F4NO3. The minimum Gasteiger partial charge on any atom is -0.478 e. The molecule has 1 fully saturated rings. The van der Waals surface area contributed by atoms with Crippen molar-refractivity contribution in [1.29, 1.82) is 0 Å². The average Bonchev–Trinajstić information content (AvgIpc) is 3.36. The number of nitrogens with one attached hydrogen (secondary N) is 1. The van der Waals surface area contributed by atoms with Crippen LogP contribution in [0.5, 0.6) is 0 Å². The first-order valence-electron chi connectivity index (χ1n) is 7.65. The fraction of sp³-hybridized carbons (Fsp3) is 0.222. The first kappa shape index (κ1) is 17.9. The molecule has 1 aliphatic carbocycles. The molecule has 0 radical (unpaired) electrons. The Balaban J connectivity index is 1.86. The van der Waals surface area contributed by atoms with Gasteiger partial charge in [-0.1, -0.05) is 12.1 Å². The number of carbonyl (C=O) groups excluding carboxylic acids is 1. The van der Waals surface area contributed by atoms with Crippen LogP contribution in [0.25, 0.3) is 0 Å². The highest BCUT2D eigenvalue weighted by Crippen LogP contribution is 2.50. The van der Waals surface area contributed by atoms with E-state index in [-0.39, 0.29) is 16.8 Å². The minimum atomic E-state index is -4.67. The monoisotopic (exact) mass is 367 g/mol. The summed E-state index contributed by atoms with van der Waals surface area (Å²) in [7, 11) is 0. The van der Waals surface area contributed by atoms with Gasteiger partial charge in [0.15, 0.2) is 0 Å². The number of alkyl halides is 3. The van der Waals surface area contributed by atoms with E-state index in [1.165, 1.54) is 24.3 Å². The lowest BCUT2D eigenvalue weighted by Gasteiger charge is -2.18. The zero-order valence-corrected chi connectivity index (χ0v) is 13.2. The van der Waals surface area contributed by atoms with Gasteiger partial charge in [0.2, 0.25) is 5.91 Å². The van der Waals surface area contributed by atoms with Gasteiger partial charge in [-0.05, 0) is 43.2 Å². The number of hydrogen-bond acceptors (Lipinski definition) is 2. The predicted octanol–water partition coefficient (Wildman–Crippen LogP) is 4.21. The summed E-state index contributed by atoms with van der Waals surface area (Å²) >= 11 is 0. The second-order valence-electron chi connectivity index (χ2n) is 6.11. The number of amides is 1. The van der Waals surface area contributed by atoms with Gasteiger partial charge in [0, 0.05) is 11.3 Å². The van der Waals surface area contributed by atoms with E-state index in [9.17, 15) is 27.2 Å². The molecule has 1 saturated carbocycles. The molecule has 2 aromatic rings. The topological polar surface area (TPSA) is 66.4 Å². The summed E-state index contributed by atoms with van der Waals surface area (Å²) in [5.74, 6) is -2.85. The smallest absolute Gasteiger partial charge is 0.416 e. The minimum absolute atomic E-state index is 0.0339. The van der Waals surface area contributed by atoms with Crippen molar-refractivity contribution in [3.8, 4) is 0 Å². The van der Waals surface area contributed by atoms with E-state index >= 15 is 0 Å². The van der Waals surface area contributed by atoms with E-state index in [0.717, 1.165) is 12.1 Å². The number of halogens is 4. The normalized spacial score (nSPS) is 15.4. The third-order valence-corrected chi connectivity index (χ3v) is 4.36. The summed E-state index contributed by atoms with van der Waals surface area (Å²) in [6.45, 7) is 0. The number of anilines is 1. The average molecular weight is 367 g/mol. The number of carbonyl (C=O) groups is 2. The fourth-order valence-corrected chi connectivity index (χ4v) is 2.80. The van der Waals surface area contributed by atoms with Gasteiger partial charge >= 0.3 is 12.1 Å². The fourth-order valence-electron chi connectivity index (χ4n) is 2.80. The Morgan fingerprint density at radius 3 is 2.31 bits per heavy atom. The molecule has 0 bridgehead atoms. The maximum Gasteiger partial charge on any atom is 0.416 e. The van der Waals surface area contributed by atoms with Gasteiger partial charge in [-0.2, -0.15) is 13.2 Å². The number of benzene rings is 2. The van der Waals surface area contributed by atoms with Crippen molar-refractivity contribution in [2.24, 2.45) is 0 Å². The van der Waals surface area contributed by atoms with Crippen LogP contribution in [0.2, 0.25) is 0 Å². The lowest BCUT2D eigenvalue weighted by molar-refractivity contribution is -0.137. The van der Waals surface area contributed by atoms with E-state index < -0.39 is 34.8 Å². The van der Waals surface area contributed by atoms with Crippen molar-refractivity contribution in [2.45, 2.75) is 24.4 Å². The Labute approximate surface area is 145 Å². The Morgan fingerprint density at radius 2 is 1.77 bits per heavy atom. The molecule has 0 saturated heterocycles. The maximum absolute atomic E-state index is 14.2. The highest BCUT2D eigenvalue weighted by molar-refractivity contribution is 6.02. The van der Waals surface area contributed by atoms with Crippen molar-refractivity contribution >= 4 is 17.6 Å². The van der Waals surface area contributed by atoms with Crippen LogP contribution < -0.4 is 5.32 Å². The number of hydrogen-bond donors (Lipinski definition) is 2. The second kappa shape index (κ2) is 6.12. The van der Waals surface area contributed by atoms with E-state index in [4.69, 9.17) is 5.11 Å². The SMILES string of the molecule is O=C(O)c1cccc(NC(=O)C2(c3ccc(C(F)(F)F)cc3F)CC2)c1. The molecular weight excluding hydrogens is 354 g/mol. The summed E-state index contributed by atoms with van der Waals surface area (Å²) in [5.41, 5.74) is -2.28. The van der Waals surface area contributed by atoms with Crippen LogP contribution in [0.15, 0.2) is 42.5 Å². The molecule has 2 aromatic carbocycles. The van der Waals surface area contributed by atoms with Gasteiger partial charge in [-0.25, -0.2) is 9.18 Å². The molecule has 8 heteroatoms. The molecule has 0 spiro atoms. The molecule has 0 atom stereocenters. The summed E-state index contributed by atoms with van der Waals surface area (Å²) < 4.78 is 52.2. The van der Waals surface area contributed by atoms with Crippen LogP contribution in [-0.4, -0.2) is 17.0 Å². The maximum atomic E-state index is 14.2. The molecule has 0 aromatic heterocycles. The molecule has 0 unspecified atom stereocenters. The Morgan fingerprint density at radius 1 is 1.08 bits per heavy atom. The van der Waals surface area contributed by atoms with Crippen LogP contribution >= 0.6 is 0 Å². The molecule has 136 valence electrons. The zero-order chi connectivity index (χ0) is 19.1. The summed E-state index contributed by atoms with van der Waals surface area (Å²) in [6.07, 6.45) is -4.09. The first-order chi connectivity index (χ1) is 12.1. The van der Waals surface area contributed by atoms with Crippen molar-refractivity contribution in [2.75, 3.05) is 5.32 Å². The second-order valence-corrected chi connectivity index (χ2v) is 6.11. The molecule has 1 amide bonds. The van der Waals surface area contributed by atoms with Crippen LogP contribution in [-0.2, 0) is 16.4 Å². The van der Waals surface area contributed by atoms with E-state index in [2.05, 4.69) is 5.32 Å². The predicted molar refractivity (Wildman–Crippen MR) is 84.3 cm³/mol. The van der Waals surface area contributed by atoms with Crippen LogP contribution in [0.4, 0.5) is 23.2 Å². The lowest BCUT2D eigenvalue weighted by atomic mass is 9.93. The molecule has 3 rings (SSSR count). The first-order valence-corrected chi connectivity index (χ1v) is 7.65. The Hall–Kier alpha value is -2.90. The van der Waals surface area contributed by atoms with Gasteiger partial charge < -0.3 is 10.4 Å². The summed E-state index contributed by atoms with van der Waals surface area (Å²) in [4.78, 5) is 23.5. The summed E-state index contributed by atoms with van der Waals surface area (Å²) in [6, 6.07) is 7.63. The molecule has 2 N–H and O–H groups in total. The van der Waals surface area contributed by atoms with Crippen LogP contribution in [0.3, 0.4) is 0 Å². The molecule has 26 heavy (non-hydrogen) atoms. The zero-order valence-electron chi connectivity index (χ0n) is 13.2. The molecule has 0 heterocycles. The van der Waals surface area contributed by atoms with Gasteiger partial charge in [0.1, 0.15) is 5.82 Å². The van der Waals surface area contributed by atoms with Gasteiger partial charge in [-0.15, -0.1) is 0 Å². The number of carboxylic acids is 1. The number of rotatable bonds is 4. The van der Waals surface area contributed by atoms with Crippen molar-refractivity contribution in [3.63, 3.8) is 0 Å². The van der Waals surface area contributed by atoms with Gasteiger partial charge in [0.05, 0.1) is 16.5 Å². The molecule has 4 nitrogen and oxygen atoms in total. The largest absolute Gasteiger partial charge is 0.478 e. The van der Waals surface area contributed by atoms with Gasteiger partial charge in [0.25, 0.3) is 0 Å². The van der Waals surface area contributed by atoms with Crippen molar-refractivity contribution < 1.29 is 32.3 Å². The highest BCUT2D eigenvalue weighted by Gasteiger charge is 2.53. The highest BCUT2D eigenvalue weighted by atomic mass is 19.4. The summed E-state index contributed by atoms with van der Waals surface area (Å²) in [5, 5.41) is 11.5. The number of carboxylic acid groups (broad SMARTS) is 1. The lowest BCUT2D eigenvalue weighted by Crippen LogP contribution is -2.29. The van der Waals surface area contributed by atoms with Gasteiger partial charge in [-0.3, -0.25) is 4.79 Å². The number of aromatic carboxylic acids is 1. The van der Waals surface area contributed by atoms with E-state index in [1.807, 2.05) is 0 Å². The van der Waals surface area contributed by atoms with E-state index in [1.54, 1.807) is 0 Å². The quantitative estimate of drug-likeness (QED) is 0.796. The molecule has 1 aliphatic rings. The standard InChI is InChI=1S/C18H13F4NO3/c19-14-9-11(18(20,21)22)4-5-13(14)17(6-7-17)16(26)23-12-3-1-2-10(8-12)15(24)25/h1-5,8-9H,6-7H2,(H,23,26)(H,24,25).